The first-order chi connectivity index (χ1) is 3.81. The lowest BCUT2D eigenvalue weighted by Crippen LogP contribution is -2.25. The van der Waals surface area contributed by atoms with Crippen molar-refractivity contribution in [3.8, 4) is 0 Å². The Balaban J connectivity index is 4.79. The minimum atomic E-state index is -3.07. The Morgan fingerprint density at radius 2 is 1.67 bits per heavy atom. The Morgan fingerprint density at radius 1 is 1.33 bits per heavy atom. The molecule has 0 aliphatic rings. The second-order valence-corrected chi connectivity index (χ2v) is 5.47. The minimum absolute atomic E-state index is 0.700. The third kappa shape index (κ3) is 1.82. The van der Waals surface area contributed by atoms with Crippen molar-refractivity contribution in [2.75, 3.05) is 0 Å². The van der Waals surface area contributed by atoms with Crippen molar-refractivity contribution in [3.05, 3.63) is 12.0 Å². The maximum absolute atomic E-state index is 10.9. The first-order valence-electron chi connectivity index (χ1n) is 2.68. The van der Waals surface area contributed by atoms with Gasteiger partial charge in [-0.05, 0) is 20.8 Å². The first-order valence-corrected chi connectivity index (χ1v) is 4.23. The maximum Gasteiger partial charge on any atom is 0.175 e. The molecule has 2 nitrogen and oxygen atoms in total. The van der Waals surface area contributed by atoms with Gasteiger partial charge in [-0.1, -0.05) is 6.58 Å². The van der Waals surface area contributed by atoms with Crippen LogP contribution in [0.15, 0.2) is 12.0 Å². The highest BCUT2D eigenvalue weighted by Gasteiger charge is 2.24. The summed E-state index contributed by atoms with van der Waals surface area (Å²) in [5.41, 5.74) is 0. The van der Waals surface area contributed by atoms with Crippen molar-refractivity contribution in [1.82, 2.24) is 0 Å². The number of sulfone groups is 1. The molecule has 0 saturated carbocycles. The van der Waals surface area contributed by atoms with Crippen LogP contribution in [0.4, 0.5) is 0 Å². The summed E-state index contributed by atoms with van der Waals surface area (Å²) in [5, 5.41) is 0.993. The van der Waals surface area contributed by atoms with E-state index in [0.717, 1.165) is 5.41 Å². The SMILES string of the molecule is C=CS(=O)(=O)C(C)(C)C. The summed E-state index contributed by atoms with van der Waals surface area (Å²) in [4.78, 5) is 0. The summed E-state index contributed by atoms with van der Waals surface area (Å²) >= 11 is 0. The van der Waals surface area contributed by atoms with Gasteiger partial charge in [0.25, 0.3) is 0 Å². The van der Waals surface area contributed by atoms with Crippen LogP contribution < -0.4 is 0 Å². The van der Waals surface area contributed by atoms with Gasteiger partial charge in [0.15, 0.2) is 9.84 Å². The van der Waals surface area contributed by atoms with Crippen LogP contribution in [0.5, 0.6) is 0 Å². The van der Waals surface area contributed by atoms with Crippen molar-refractivity contribution < 1.29 is 8.42 Å². The first kappa shape index (κ1) is 8.69. The van der Waals surface area contributed by atoms with Gasteiger partial charge >= 0.3 is 0 Å². The molecule has 0 N–H and O–H groups in total. The van der Waals surface area contributed by atoms with Crippen molar-refractivity contribution in [1.29, 1.82) is 0 Å². The predicted octanol–water partition coefficient (Wildman–Crippen LogP) is 1.34. The topological polar surface area (TPSA) is 34.1 Å². The normalized spacial score (nSPS) is 13.2. The van der Waals surface area contributed by atoms with Crippen LogP contribution in [0.2, 0.25) is 0 Å². The molecule has 54 valence electrons. The summed E-state index contributed by atoms with van der Waals surface area (Å²) in [7, 11) is -3.07. The molecule has 0 aromatic carbocycles. The molecule has 0 aromatic rings. The zero-order valence-corrected chi connectivity index (χ0v) is 6.83. The van der Waals surface area contributed by atoms with Gasteiger partial charge in [0.05, 0.1) is 4.75 Å². The highest BCUT2D eigenvalue weighted by atomic mass is 32.2. The van der Waals surface area contributed by atoms with Crippen LogP contribution in [0.3, 0.4) is 0 Å². The number of rotatable bonds is 1. The van der Waals surface area contributed by atoms with Crippen LogP contribution in [0.25, 0.3) is 0 Å². The zero-order chi connectivity index (χ0) is 7.71. The summed E-state index contributed by atoms with van der Waals surface area (Å²) in [6.07, 6.45) is 0. The molecule has 0 aliphatic heterocycles. The van der Waals surface area contributed by atoms with Crippen LogP contribution in [-0.2, 0) is 9.84 Å². The van der Waals surface area contributed by atoms with Crippen molar-refractivity contribution >= 4 is 9.84 Å². The second-order valence-electron chi connectivity index (χ2n) is 2.82. The predicted molar refractivity (Wildman–Crippen MR) is 38.9 cm³/mol. The van der Waals surface area contributed by atoms with Gasteiger partial charge < -0.3 is 0 Å². The fourth-order valence-corrected chi connectivity index (χ4v) is 0.750. The van der Waals surface area contributed by atoms with Gasteiger partial charge in [-0.2, -0.15) is 0 Å². The molecule has 9 heavy (non-hydrogen) atoms. The quantitative estimate of drug-likeness (QED) is 0.562. The molecular formula is C6H12O2S. The molecule has 0 saturated heterocycles. The van der Waals surface area contributed by atoms with Gasteiger partial charge in [-0.15, -0.1) is 0 Å². The smallest absolute Gasteiger partial charge is 0.175 e. The van der Waals surface area contributed by atoms with Gasteiger partial charge in [0, 0.05) is 5.41 Å². The molecule has 0 aromatic heterocycles. The molecule has 0 spiro atoms. The van der Waals surface area contributed by atoms with Crippen molar-refractivity contribution in [2.45, 2.75) is 25.5 Å². The van der Waals surface area contributed by atoms with E-state index in [-0.39, 0.29) is 0 Å². The average molecular weight is 148 g/mol. The number of hydrogen-bond acceptors (Lipinski definition) is 2. The van der Waals surface area contributed by atoms with E-state index in [1.807, 2.05) is 0 Å². The van der Waals surface area contributed by atoms with E-state index >= 15 is 0 Å². The van der Waals surface area contributed by atoms with E-state index < -0.39 is 14.6 Å². The lowest BCUT2D eigenvalue weighted by Gasteiger charge is -2.14. The van der Waals surface area contributed by atoms with Gasteiger partial charge in [0.1, 0.15) is 0 Å². The molecule has 0 heterocycles. The van der Waals surface area contributed by atoms with E-state index in [1.165, 1.54) is 0 Å². The molecule has 3 heteroatoms. The lowest BCUT2D eigenvalue weighted by molar-refractivity contribution is 0.570. The monoisotopic (exact) mass is 148 g/mol. The Labute approximate surface area is 56.5 Å². The Hall–Kier alpha value is -0.310. The fraction of sp³-hybridized carbons (Fsp3) is 0.667. The molecule has 0 unspecified atom stereocenters. The van der Waals surface area contributed by atoms with Gasteiger partial charge in [-0.3, -0.25) is 0 Å². The third-order valence-corrected chi connectivity index (χ3v) is 3.22. The van der Waals surface area contributed by atoms with Crippen LogP contribution in [0.1, 0.15) is 20.8 Å². The Bertz CT molecular complexity index is 194. The molecule has 0 aliphatic carbocycles. The molecular weight excluding hydrogens is 136 g/mol. The van der Waals surface area contributed by atoms with E-state index in [0.29, 0.717) is 0 Å². The molecule has 0 radical (unpaired) electrons. The number of hydrogen-bond donors (Lipinski definition) is 0. The molecule has 0 bridgehead atoms. The standard InChI is InChI=1S/C6H12O2S/c1-5-9(7,8)6(2,3)4/h5H,1H2,2-4H3. The second kappa shape index (κ2) is 2.14. The Morgan fingerprint density at radius 3 is 1.67 bits per heavy atom. The molecule has 0 fully saturated rings. The van der Waals surface area contributed by atoms with Gasteiger partial charge in [-0.25, -0.2) is 8.42 Å². The highest BCUT2D eigenvalue weighted by Crippen LogP contribution is 2.15. The van der Waals surface area contributed by atoms with E-state index in [9.17, 15) is 8.42 Å². The fourth-order valence-electron chi connectivity index (χ4n) is 0.250. The van der Waals surface area contributed by atoms with Crippen LogP contribution >= 0.6 is 0 Å². The molecule has 0 amide bonds. The largest absolute Gasteiger partial charge is 0.224 e. The van der Waals surface area contributed by atoms with Crippen LogP contribution in [-0.4, -0.2) is 13.2 Å². The third-order valence-electron chi connectivity index (χ3n) is 1.07. The van der Waals surface area contributed by atoms with E-state index in [2.05, 4.69) is 6.58 Å². The minimum Gasteiger partial charge on any atom is -0.224 e. The van der Waals surface area contributed by atoms with Crippen LogP contribution in [0, 0.1) is 0 Å². The zero-order valence-electron chi connectivity index (χ0n) is 6.01. The summed E-state index contributed by atoms with van der Waals surface area (Å²) in [6.45, 7) is 8.14. The highest BCUT2D eigenvalue weighted by molar-refractivity contribution is 7.95. The lowest BCUT2D eigenvalue weighted by atomic mass is 10.3. The summed E-state index contributed by atoms with van der Waals surface area (Å²) in [6, 6.07) is 0. The van der Waals surface area contributed by atoms with E-state index in [1.54, 1.807) is 20.8 Å². The van der Waals surface area contributed by atoms with Crippen molar-refractivity contribution in [3.63, 3.8) is 0 Å². The summed E-state index contributed by atoms with van der Waals surface area (Å²) < 4.78 is 21.1. The maximum atomic E-state index is 10.9. The molecule has 0 rings (SSSR count). The molecule has 0 atom stereocenters. The van der Waals surface area contributed by atoms with E-state index in [4.69, 9.17) is 0 Å². The van der Waals surface area contributed by atoms with Gasteiger partial charge in [0.2, 0.25) is 0 Å². The van der Waals surface area contributed by atoms with Crippen molar-refractivity contribution in [2.24, 2.45) is 0 Å². The average Bonchev–Trinajstić information content (AvgIpc) is 1.64. The Kier molecular flexibility index (Phi) is 2.06. The summed E-state index contributed by atoms with van der Waals surface area (Å²) in [5.74, 6) is 0.